The molecule has 2 rings (SSSR count). The van der Waals surface area contributed by atoms with Gasteiger partial charge in [0.05, 0.1) is 13.2 Å². The van der Waals surface area contributed by atoms with E-state index in [0.717, 1.165) is 16.7 Å². The summed E-state index contributed by atoms with van der Waals surface area (Å²) >= 11 is 0. The van der Waals surface area contributed by atoms with Crippen LogP contribution in [-0.4, -0.2) is 44.3 Å². The van der Waals surface area contributed by atoms with E-state index in [9.17, 15) is 14.4 Å². The number of nitrogens with two attached hydrogens (primary N) is 1. The van der Waals surface area contributed by atoms with E-state index >= 15 is 0 Å². The van der Waals surface area contributed by atoms with Crippen LogP contribution in [0.2, 0.25) is 0 Å². The number of ether oxygens (including phenoxy) is 1. The van der Waals surface area contributed by atoms with Gasteiger partial charge in [0.1, 0.15) is 0 Å². The molecule has 0 spiro atoms. The standard InChI is InChI=1S/C23H30N4O4/c1-17-8-2-4-10-19(17)20-11-5-3-9-18(20)12-15-31-23(30)27-16-21(28)25-13-6-7-14-26-22(24)29/h2-5,8-11H,6-7,12-16H2,1H3,(H,25,28)(H,27,30)(H3,24,26,29). The lowest BCUT2D eigenvalue weighted by atomic mass is 9.95. The summed E-state index contributed by atoms with van der Waals surface area (Å²) in [5, 5.41) is 7.60. The van der Waals surface area contributed by atoms with E-state index in [0.29, 0.717) is 32.4 Å². The van der Waals surface area contributed by atoms with Gasteiger partial charge >= 0.3 is 12.1 Å². The molecule has 0 aromatic heterocycles. The van der Waals surface area contributed by atoms with Crippen molar-refractivity contribution in [3.63, 3.8) is 0 Å². The molecule has 8 nitrogen and oxygen atoms in total. The van der Waals surface area contributed by atoms with Crippen LogP contribution in [0.25, 0.3) is 11.1 Å². The number of hydrogen-bond acceptors (Lipinski definition) is 4. The van der Waals surface area contributed by atoms with Crippen molar-refractivity contribution in [2.75, 3.05) is 26.2 Å². The normalized spacial score (nSPS) is 10.2. The number of carbonyl (C=O) groups is 3. The average molecular weight is 427 g/mol. The number of hydrogen-bond donors (Lipinski definition) is 4. The molecular formula is C23H30N4O4. The molecule has 0 aliphatic heterocycles. The number of primary amides is 1. The lowest BCUT2D eigenvalue weighted by Crippen LogP contribution is -2.38. The van der Waals surface area contributed by atoms with Crippen LogP contribution >= 0.6 is 0 Å². The Morgan fingerprint density at radius 1 is 0.871 bits per heavy atom. The Morgan fingerprint density at radius 3 is 2.23 bits per heavy atom. The number of aryl methyl sites for hydroxylation is 1. The number of benzene rings is 2. The molecule has 0 radical (unpaired) electrons. The summed E-state index contributed by atoms with van der Waals surface area (Å²) in [6, 6.07) is 15.6. The van der Waals surface area contributed by atoms with Gasteiger partial charge in [-0.2, -0.15) is 0 Å². The fraction of sp³-hybridized carbons (Fsp3) is 0.348. The second kappa shape index (κ2) is 12.9. The summed E-state index contributed by atoms with van der Waals surface area (Å²) < 4.78 is 5.22. The largest absolute Gasteiger partial charge is 0.449 e. The van der Waals surface area contributed by atoms with Crippen molar-refractivity contribution in [3.8, 4) is 11.1 Å². The van der Waals surface area contributed by atoms with E-state index < -0.39 is 12.1 Å². The molecule has 0 saturated heterocycles. The van der Waals surface area contributed by atoms with Gasteiger partial charge in [-0.25, -0.2) is 9.59 Å². The molecule has 8 heteroatoms. The summed E-state index contributed by atoms with van der Waals surface area (Å²) in [7, 11) is 0. The third kappa shape index (κ3) is 8.77. The van der Waals surface area contributed by atoms with Crippen molar-refractivity contribution in [3.05, 3.63) is 59.7 Å². The Labute approximate surface area is 182 Å². The number of carbonyl (C=O) groups excluding carboxylic acids is 3. The highest BCUT2D eigenvalue weighted by molar-refractivity contribution is 5.82. The maximum Gasteiger partial charge on any atom is 0.407 e. The number of urea groups is 1. The van der Waals surface area contributed by atoms with Crippen molar-refractivity contribution in [1.82, 2.24) is 16.0 Å². The number of amides is 4. The second-order valence-corrected chi connectivity index (χ2v) is 7.06. The molecule has 0 unspecified atom stereocenters. The van der Waals surface area contributed by atoms with Crippen LogP contribution in [0.3, 0.4) is 0 Å². The second-order valence-electron chi connectivity index (χ2n) is 7.06. The molecule has 5 N–H and O–H groups in total. The Morgan fingerprint density at radius 2 is 1.52 bits per heavy atom. The topological polar surface area (TPSA) is 123 Å². The number of rotatable bonds is 11. The molecule has 0 fully saturated rings. The van der Waals surface area contributed by atoms with E-state index in [1.54, 1.807) is 0 Å². The van der Waals surface area contributed by atoms with Crippen molar-refractivity contribution >= 4 is 18.0 Å². The summed E-state index contributed by atoms with van der Waals surface area (Å²) in [5.74, 6) is -0.301. The molecule has 0 saturated carbocycles. The zero-order chi connectivity index (χ0) is 22.5. The molecule has 0 aliphatic carbocycles. The third-order valence-corrected chi connectivity index (χ3v) is 4.68. The third-order valence-electron chi connectivity index (χ3n) is 4.68. The zero-order valence-corrected chi connectivity index (χ0v) is 17.8. The van der Waals surface area contributed by atoms with Crippen LogP contribution in [0.1, 0.15) is 24.0 Å². The van der Waals surface area contributed by atoms with E-state index in [1.807, 2.05) is 30.3 Å². The fourth-order valence-corrected chi connectivity index (χ4v) is 3.09. The monoisotopic (exact) mass is 426 g/mol. The highest BCUT2D eigenvalue weighted by atomic mass is 16.5. The van der Waals surface area contributed by atoms with Gasteiger partial charge in [-0.05, 0) is 42.0 Å². The Kier molecular flexibility index (Phi) is 9.87. The first-order valence-electron chi connectivity index (χ1n) is 10.3. The molecule has 4 amide bonds. The van der Waals surface area contributed by atoms with Gasteiger partial charge in [-0.15, -0.1) is 0 Å². The highest BCUT2D eigenvalue weighted by Crippen LogP contribution is 2.26. The van der Waals surface area contributed by atoms with Crippen molar-refractivity contribution in [1.29, 1.82) is 0 Å². The van der Waals surface area contributed by atoms with Crippen LogP contribution in [0.5, 0.6) is 0 Å². The number of nitrogens with one attached hydrogen (secondary N) is 3. The summed E-state index contributed by atoms with van der Waals surface area (Å²) in [4.78, 5) is 34.1. The minimum Gasteiger partial charge on any atom is -0.449 e. The van der Waals surface area contributed by atoms with Gasteiger partial charge < -0.3 is 26.4 Å². The minimum atomic E-state index is -0.630. The predicted molar refractivity (Wildman–Crippen MR) is 119 cm³/mol. The smallest absolute Gasteiger partial charge is 0.407 e. The average Bonchev–Trinajstić information content (AvgIpc) is 2.75. The van der Waals surface area contributed by atoms with Crippen LogP contribution in [0, 0.1) is 6.92 Å². The SMILES string of the molecule is Cc1ccccc1-c1ccccc1CCOC(=O)NCC(=O)NCCCCNC(N)=O. The van der Waals surface area contributed by atoms with E-state index in [4.69, 9.17) is 10.5 Å². The molecule has 166 valence electrons. The lowest BCUT2D eigenvalue weighted by molar-refractivity contribution is -0.120. The van der Waals surface area contributed by atoms with Gasteiger partial charge in [0, 0.05) is 19.5 Å². The predicted octanol–water partition coefficient (Wildman–Crippen LogP) is 2.50. The van der Waals surface area contributed by atoms with Crippen LogP contribution in [0.15, 0.2) is 48.5 Å². The molecule has 0 heterocycles. The van der Waals surface area contributed by atoms with Gasteiger partial charge in [0.15, 0.2) is 0 Å². The van der Waals surface area contributed by atoms with Gasteiger partial charge in [0.2, 0.25) is 5.91 Å². The Bertz CT molecular complexity index is 885. The van der Waals surface area contributed by atoms with Crippen LogP contribution in [-0.2, 0) is 16.0 Å². The highest BCUT2D eigenvalue weighted by Gasteiger charge is 2.09. The molecular weight excluding hydrogens is 396 g/mol. The summed E-state index contributed by atoms with van der Waals surface area (Å²) in [6.45, 7) is 3.04. The Balaban J connectivity index is 1.67. The lowest BCUT2D eigenvalue weighted by Gasteiger charge is -2.12. The van der Waals surface area contributed by atoms with Gasteiger partial charge in [-0.3, -0.25) is 4.79 Å². The minimum absolute atomic E-state index is 0.155. The first-order valence-corrected chi connectivity index (χ1v) is 10.3. The molecule has 0 aliphatic rings. The molecule has 0 atom stereocenters. The van der Waals surface area contributed by atoms with Crippen molar-refractivity contribution in [2.45, 2.75) is 26.2 Å². The van der Waals surface area contributed by atoms with Crippen molar-refractivity contribution in [2.24, 2.45) is 5.73 Å². The van der Waals surface area contributed by atoms with E-state index in [-0.39, 0.29) is 19.1 Å². The quantitative estimate of drug-likeness (QED) is 0.412. The van der Waals surface area contributed by atoms with Crippen LogP contribution in [0.4, 0.5) is 9.59 Å². The van der Waals surface area contributed by atoms with E-state index in [1.165, 1.54) is 5.56 Å². The maximum atomic E-state index is 11.9. The summed E-state index contributed by atoms with van der Waals surface area (Å²) in [5.41, 5.74) is 9.51. The first-order chi connectivity index (χ1) is 15.0. The molecule has 2 aromatic carbocycles. The Hall–Kier alpha value is -3.55. The maximum absolute atomic E-state index is 11.9. The molecule has 31 heavy (non-hydrogen) atoms. The first kappa shape index (κ1) is 23.7. The molecule has 0 bridgehead atoms. The fourth-order valence-electron chi connectivity index (χ4n) is 3.09. The van der Waals surface area contributed by atoms with Gasteiger partial charge in [0.25, 0.3) is 0 Å². The van der Waals surface area contributed by atoms with Crippen molar-refractivity contribution < 1.29 is 19.1 Å². The molecule has 2 aromatic rings. The number of alkyl carbamates (subject to hydrolysis) is 1. The number of unbranched alkanes of at least 4 members (excludes halogenated alkanes) is 1. The van der Waals surface area contributed by atoms with E-state index in [2.05, 4.69) is 41.1 Å². The van der Waals surface area contributed by atoms with Gasteiger partial charge in [-0.1, -0.05) is 48.5 Å². The van der Waals surface area contributed by atoms with Crippen LogP contribution < -0.4 is 21.7 Å². The zero-order valence-electron chi connectivity index (χ0n) is 17.8. The summed E-state index contributed by atoms with van der Waals surface area (Å²) in [6.07, 6.45) is 1.33.